The van der Waals surface area contributed by atoms with Crippen LogP contribution in [0.25, 0.3) is 0 Å². The summed E-state index contributed by atoms with van der Waals surface area (Å²) >= 11 is 0. The molecule has 3 unspecified atom stereocenters. The maximum absolute atomic E-state index is 13.0. The van der Waals surface area contributed by atoms with Gasteiger partial charge >= 0.3 is 0 Å². The van der Waals surface area contributed by atoms with Crippen LogP contribution in [0.2, 0.25) is 0 Å². The number of nitrogens with zero attached hydrogens (tertiary/aromatic N) is 1. The average Bonchev–Trinajstić information content (AvgIpc) is 3.42. The van der Waals surface area contributed by atoms with E-state index < -0.39 is 26.6 Å². The van der Waals surface area contributed by atoms with E-state index in [9.17, 15) is 19.4 Å². The maximum atomic E-state index is 13.0. The van der Waals surface area contributed by atoms with Crippen LogP contribution in [0.15, 0.2) is 36.5 Å². The molecule has 0 aromatic rings. The van der Waals surface area contributed by atoms with Crippen molar-refractivity contribution in [1.82, 2.24) is 5.32 Å². The van der Waals surface area contributed by atoms with Crippen molar-refractivity contribution in [3.05, 3.63) is 36.5 Å². The lowest BCUT2D eigenvalue weighted by Crippen LogP contribution is -2.45. The Hall–Kier alpha value is -1.28. The largest absolute Gasteiger partial charge is 0.756 e. The summed E-state index contributed by atoms with van der Waals surface area (Å²) in [4.78, 5) is 25.6. The van der Waals surface area contributed by atoms with Crippen LogP contribution in [-0.4, -0.2) is 68.5 Å². The lowest BCUT2D eigenvalue weighted by atomic mass is 10.0. The molecule has 0 aliphatic rings. The molecule has 3 atom stereocenters. The Morgan fingerprint density at radius 2 is 0.700 bits per heavy atom. The van der Waals surface area contributed by atoms with Crippen LogP contribution in [0.1, 0.15) is 361 Å². The molecule has 0 bridgehead atoms. The number of rotatable bonds is 66. The van der Waals surface area contributed by atoms with Crippen molar-refractivity contribution < 1.29 is 32.9 Å². The van der Waals surface area contributed by atoms with Crippen LogP contribution in [0.4, 0.5) is 0 Å². The molecule has 0 fully saturated rings. The van der Waals surface area contributed by atoms with Gasteiger partial charge in [-0.1, -0.05) is 346 Å². The molecule has 0 saturated carbocycles. The Morgan fingerprint density at radius 1 is 0.425 bits per heavy atom. The van der Waals surface area contributed by atoms with Crippen LogP contribution in [0.3, 0.4) is 0 Å². The molecule has 0 rings (SSSR count). The summed E-state index contributed by atoms with van der Waals surface area (Å²) in [5, 5.41) is 13.9. The highest BCUT2D eigenvalue weighted by molar-refractivity contribution is 7.45. The number of hydrogen-bond donors (Lipinski definition) is 2. The topological polar surface area (TPSA) is 108 Å². The predicted molar refractivity (Wildman–Crippen MR) is 348 cm³/mol. The van der Waals surface area contributed by atoms with E-state index in [0.29, 0.717) is 17.4 Å². The van der Waals surface area contributed by atoms with Gasteiger partial charge in [-0.2, -0.15) is 0 Å². The summed E-state index contributed by atoms with van der Waals surface area (Å²) in [6, 6.07) is -0.909. The third kappa shape index (κ3) is 64.3. The van der Waals surface area contributed by atoms with E-state index in [-0.39, 0.29) is 12.5 Å². The second kappa shape index (κ2) is 62.3. The first-order valence-corrected chi connectivity index (χ1v) is 36.8. The number of phosphoric ester groups is 1. The number of allylic oxidation sites excluding steroid dienone is 5. The SMILES string of the molecule is CCCCCCCCCCCCCCCCCCCCCC/C=C/CC/C=C/CC/C=C/C(O)C(COP(=O)([O-])OCC[N+](C)(C)C)NC(=O)CCCCCCCCCCCCCCCCCCCCCCCCCCCCCC. The molecule has 8 nitrogen and oxygen atoms in total. The molecule has 0 aromatic heterocycles. The van der Waals surface area contributed by atoms with Crippen LogP contribution >= 0.6 is 7.82 Å². The molecular weight excluding hydrogens is 1010 g/mol. The highest BCUT2D eigenvalue weighted by Crippen LogP contribution is 2.38. The first-order chi connectivity index (χ1) is 39.0. The third-order valence-electron chi connectivity index (χ3n) is 16.3. The van der Waals surface area contributed by atoms with Crippen LogP contribution in [-0.2, 0) is 18.4 Å². The molecule has 0 aromatic carbocycles. The molecule has 0 saturated heterocycles. The summed E-state index contributed by atoms with van der Waals surface area (Å²) < 4.78 is 23.4. The summed E-state index contributed by atoms with van der Waals surface area (Å²) in [5.74, 6) is -0.203. The van der Waals surface area contributed by atoms with Crippen LogP contribution < -0.4 is 10.2 Å². The van der Waals surface area contributed by atoms with Crippen molar-refractivity contribution >= 4 is 13.7 Å². The van der Waals surface area contributed by atoms with Crippen molar-refractivity contribution in [2.45, 2.75) is 373 Å². The van der Waals surface area contributed by atoms with E-state index in [4.69, 9.17) is 9.05 Å². The minimum absolute atomic E-state index is 0.00706. The van der Waals surface area contributed by atoms with E-state index in [1.54, 1.807) is 6.08 Å². The smallest absolute Gasteiger partial charge is 0.268 e. The highest BCUT2D eigenvalue weighted by atomic mass is 31.2. The Bertz CT molecular complexity index is 1400. The monoisotopic (exact) mass is 1150 g/mol. The molecule has 9 heteroatoms. The normalized spacial score (nSPS) is 13.8. The Kier molecular flexibility index (Phi) is 61.3. The molecule has 2 N–H and O–H groups in total. The number of aliphatic hydroxyl groups is 1. The van der Waals surface area contributed by atoms with Gasteiger partial charge in [0, 0.05) is 6.42 Å². The fourth-order valence-corrected chi connectivity index (χ4v) is 11.6. The lowest BCUT2D eigenvalue weighted by Gasteiger charge is -2.29. The van der Waals surface area contributed by atoms with Crippen LogP contribution in [0, 0.1) is 0 Å². The summed E-state index contributed by atoms with van der Waals surface area (Å²) in [6.07, 6.45) is 82.8. The second-order valence-corrected chi connectivity index (χ2v) is 27.0. The minimum atomic E-state index is -4.61. The Labute approximate surface area is 499 Å². The summed E-state index contributed by atoms with van der Waals surface area (Å²) in [5.41, 5.74) is 0. The molecule has 0 heterocycles. The average molecular weight is 1150 g/mol. The van der Waals surface area contributed by atoms with Crippen molar-refractivity contribution in [3.63, 3.8) is 0 Å². The number of aliphatic hydroxyl groups excluding tert-OH is 1. The zero-order valence-electron chi connectivity index (χ0n) is 54.3. The van der Waals surface area contributed by atoms with Gasteiger partial charge in [0.25, 0.3) is 7.82 Å². The number of unbranched alkanes of at least 4 members (excludes halogenated alkanes) is 49. The molecule has 0 aliphatic carbocycles. The fourth-order valence-electron chi connectivity index (χ4n) is 10.8. The zero-order chi connectivity index (χ0) is 58.4. The molecule has 0 aliphatic heterocycles. The van der Waals surface area contributed by atoms with Gasteiger partial charge in [0.15, 0.2) is 0 Å². The maximum Gasteiger partial charge on any atom is 0.268 e. The van der Waals surface area contributed by atoms with Crippen LogP contribution in [0.5, 0.6) is 0 Å². The highest BCUT2D eigenvalue weighted by Gasteiger charge is 2.23. The number of phosphoric acid groups is 1. The molecular formula is C71H139N2O6P. The Balaban J connectivity index is 4.10. The molecule has 0 spiro atoms. The quantitative estimate of drug-likeness (QED) is 0.0272. The lowest BCUT2D eigenvalue weighted by molar-refractivity contribution is -0.870. The van der Waals surface area contributed by atoms with Gasteiger partial charge in [-0.25, -0.2) is 0 Å². The van der Waals surface area contributed by atoms with Crippen molar-refractivity contribution in [2.24, 2.45) is 0 Å². The molecule has 474 valence electrons. The molecule has 80 heavy (non-hydrogen) atoms. The minimum Gasteiger partial charge on any atom is -0.756 e. The van der Waals surface area contributed by atoms with Gasteiger partial charge in [0.1, 0.15) is 13.2 Å². The van der Waals surface area contributed by atoms with E-state index >= 15 is 0 Å². The van der Waals surface area contributed by atoms with E-state index in [2.05, 4.69) is 43.5 Å². The fraction of sp³-hybridized carbons (Fsp3) is 0.901. The van der Waals surface area contributed by atoms with Crippen molar-refractivity contribution in [2.75, 3.05) is 40.9 Å². The number of quaternary nitrogens is 1. The molecule has 1 amide bonds. The first-order valence-electron chi connectivity index (χ1n) is 35.4. The van der Waals surface area contributed by atoms with Gasteiger partial charge in [0.2, 0.25) is 5.91 Å². The van der Waals surface area contributed by atoms with E-state index in [0.717, 1.165) is 44.9 Å². The van der Waals surface area contributed by atoms with Gasteiger partial charge in [0.05, 0.1) is 39.9 Å². The Morgan fingerprint density at radius 3 is 1.01 bits per heavy atom. The zero-order valence-corrected chi connectivity index (χ0v) is 55.2. The second-order valence-electron chi connectivity index (χ2n) is 25.6. The van der Waals surface area contributed by atoms with E-state index in [1.807, 2.05) is 27.2 Å². The first kappa shape index (κ1) is 78.7. The summed E-state index contributed by atoms with van der Waals surface area (Å²) in [6.45, 7) is 4.68. The van der Waals surface area contributed by atoms with Gasteiger partial charge < -0.3 is 28.8 Å². The van der Waals surface area contributed by atoms with Gasteiger partial charge in [-0.3, -0.25) is 9.36 Å². The number of nitrogens with one attached hydrogen (secondary N) is 1. The number of amides is 1. The number of carbonyl (C=O) groups is 1. The summed E-state index contributed by atoms with van der Waals surface area (Å²) in [7, 11) is 1.25. The number of hydrogen-bond acceptors (Lipinski definition) is 6. The third-order valence-corrected chi connectivity index (χ3v) is 17.3. The number of likely N-dealkylation sites (N-methyl/N-ethyl adjacent to an activating group) is 1. The van der Waals surface area contributed by atoms with Gasteiger partial charge in [-0.15, -0.1) is 0 Å². The van der Waals surface area contributed by atoms with Crippen molar-refractivity contribution in [3.8, 4) is 0 Å². The van der Waals surface area contributed by atoms with Gasteiger partial charge in [-0.05, 0) is 44.9 Å². The standard InChI is InChI=1S/C71H139N2O6P/c1-6-8-10-12-14-16-18-20-22-24-26-28-30-32-34-36-37-38-40-42-44-46-48-50-52-54-56-58-60-62-64-70(74)69(68-79-80(76,77)78-67-66-73(3,4)5)72-71(75)65-63-61-59-57-55-53-51-49-47-45-43-41-39-35-33-31-29-27-25-23-21-19-17-15-13-11-9-7-2/h46,48,54,56,62,64,69-70,74H,6-45,47,49-53,55,57-61,63,65-68H2,1-5H3,(H-,72,75,76,77)/b48-46+,56-54+,64-62+. The van der Waals surface area contributed by atoms with Crippen molar-refractivity contribution in [1.29, 1.82) is 0 Å². The molecule has 0 radical (unpaired) electrons. The van der Waals surface area contributed by atoms with E-state index in [1.165, 1.54) is 295 Å². The number of carbonyl (C=O) groups excluding carboxylic acids is 1. The predicted octanol–water partition coefficient (Wildman–Crippen LogP) is 21.8.